The molecule has 2 rings (SSSR count). The van der Waals surface area contributed by atoms with Crippen LogP contribution in [0.1, 0.15) is 18.4 Å². The first-order valence-electron chi connectivity index (χ1n) is 5.43. The molecule has 0 radical (unpaired) electrons. The van der Waals surface area contributed by atoms with Crippen LogP contribution in [0.15, 0.2) is 12.3 Å². The standard InChI is InChI=1S/C11H13F3N2O2/c1-17-10-9(11(12,13)14)4-8(5-16-10)18-7-2-6(15)3-7/h4-7H,2-3,15H2,1H3/t6-,7-. The Morgan fingerprint density at radius 3 is 2.56 bits per heavy atom. The number of halogens is 3. The summed E-state index contributed by atoms with van der Waals surface area (Å²) in [5.41, 5.74) is 4.63. The van der Waals surface area contributed by atoms with Crippen LogP contribution in [0.25, 0.3) is 0 Å². The molecule has 0 amide bonds. The first-order chi connectivity index (χ1) is 8.40. The number of methoxy groups -OCH3 is 1. The van der Waals surface area contributed by atoms with Crippen molar-refractivity contribution in [1.29, 1.82) is 0 Å². The fourth-order valence-electron chi connectivity index (χ4n) is 1.76. The zero-order chi connectivity index (χ0) is 13.3. The van der Waals surface area contributed by atoms with Crippen LogP contribution in [0.3, 0.4) is 0 Å². The molecule has 7 heteroatoms. The first kappa shape index (κ1) is 12.9. The molecule has 0 unspecified atom stereocenters. The highest BCUT2D eigenvalue weighted by molar-refractivity contribution is 5.35. The Bertz CT molecular complexity index is 431. The van der Waals surface area contributed by atoms with Crippen LogP contribution in [0.5, 0.6) is 11.6 Å². The predicted octanol–water partition coefficient (Wildman–Crippen LogP) is 1.98. The summed E-state index contributed by atoms with van der Waals surface area (Å²) >= 11 is 0. The van der Waals surface area contributed by atoms with Gasteiger partial charge in [0.2, 0.25) is 5.88 Å². The molecule has 2 N–H and O–H groups in total. The molecule has 0 spiro atoms. The van der Waals surface area contributed by atoms with Crippen molar-refractivity contribution < 1.29 is 22.6 Å². The molecule has 100 valence electrons. The van der Waals surface area contributed by atoms with E-state index in [1.54, 1.807) is 0 Å². The van der Waals surface area contributed by atoms with Gasteiger partial charge < -0.3 is 15.2 Å². The minimum absolute atomic E-state index is 0.0725. The third kappa shape index (κ3) is 2.66. The highest BCUT2D eigenvalue weighted by atomic mass is 19.4. The second-order valence-electron chi connectivity index (χ2n) is 4.20. The largest absolute Gasteiger partial charge is 0.489 e. The summed E-state index contributed by atoms with van der Waals surface area (Å²) in [6.45, 7) is 0. The topological polar surface area (TPSA) is 57.4 Å². The molecule has 0 bridgehead atoms. The fourth-order valence-corrected chi connectivity index (χ4v) is 1.76. The molecule has 18 heavy (non-hydrogen) atoms. The Balaban J connectivity index is 2.17. The van der Waals surface area contributed by atoms with E-state index in [0.717, 1.165) is 13.2 Å². The van der Waals surface area contributed by atoms with Crippen molar-refractivity contribution in [2.45, 2.75) is 31.2 Å². The van der Waals surface area contributed by atoms with Gasteiger partial charge in [-0.25, -0.2) is 4.98 Å². The van der Waals surface area contributed by atoms with Gasteiger partial charge in [0.15, 0.2) is 0 Å². The maximum atomic E-state index is 12.7. The van der Waals surface area contributed by atoms with Crippen molar-refractivity contribution in [2.24, 2.45) is 5.73 Å². The Morgan fingerprint density at radius 1 is 1.39 bits per heavy atom. The van der Waals surface area contributed by atoms with Gasteiger partial charge in [0.25, 0.3) is 0 Å². The van der Waals surface area contributed by atoms with Crippen LogP contribution in [0.4, 0.5) is 13.2 Å². The number of hydrogen-bond donors (Lipinski definition) is 1. The summed E-state index contributed by atoms with van der Waals surface area (Å²) in [6.07, 6.45) is -2.14. The molecule has 1 fully saturated rings. The lowest BCUT2D eigenvalue weighted by Crippen LogP contribution is -2.43. The Hall–Kier alpha value is -1.50. The van der Waals surface area contributed by atoms with Gasteiger partial charge in [0.1, 0.15) is 17.4 Å². The molecule has 1 heterocycles. The number of rotatable bonds is 3. The van der Waals surface area contributed by atoms with Gasteiger partial charge in [-0.15, -0.1) is 0 Å². The second kappa shape index (κ2) is 4.64. The van der Waals surface area contributed by atoms with Crippen LogP contribution < -0.4 is 15.2 Å². The molecule has 0 aromatic carbocycles. The van der Waals surface area contributed by atoms with Gasteiger partial charge in [-0.3, -0.25) is 0 Å². The Morgan fingerprint density at radius 2 is 2.06 bits per heavy atom. The SMILES string of the molecule is COc1ncc(O[C@H]2C[C@H](N)C2)cc1C(F)(F)F. The van der Waals surface area contributed by atoms with Crippen LogP contribution in [0.2, 0.25) is 0 Å². The maximum Gasteiger partial charge on any atom is 0.421 e. The number of hydrogen-bond acceptors (Lipinski definition) is 4. The zero-order valence-corrected chi connectivity index (χ0v) is 9.70. The van der Waals surface area contributed by atoms with Crippen molar-refractivity contribution in [3.8, 4) is 11.6 Å². The van der Waals surface area contributed by atoms with Gasteiger partial charge >= 0.3 is 6.18 Å². The average molecular weight is 262 g/mol. The molecule has 0 atom stereocenters. The Kier molecular flexibility index (Phi) is 3.34. The van der Waals surface area contributed by atoms with Crippen LogP contribution in [0, 0.1) is 0 Å². The van der Waals surface area contributed by atoms with Crippen LogP contribution in [-0.2, 0) is 6.18 Å². The highest BCUT2D eigenvalue weighted by Gasteiger charge is 2.36. The van der Waals surface area contributed by atoms with E-state index in [2.05, 4.69) is 9.72 Å². The van der Waals surface area contributed by atoms with E-state index >= 15 is 0 Å². The normalized spacial score (nSPS) is 23.4. The molecule has 0 aliphatic heterocycles. The Labute approximate surface area is 102 Å². The summed E-state index contributed by atoms with van der Waals surface area (Å²) in [6, 6.07) is 0.971. The molecule has 1 saturated carbocycles. The molecule has 4 nitrogen and oxygen atoms in total. The van der Waals surface area contributed by atoms with Gasteiger partial charge in [-0.1, -0.05) is 0 Å². The molecule has 1 aliphatic rings. The minimum Gasteiger partial charge on any atom is -0.489 e. The van der Waals surface area contributed by atoms with E-state index in [0.29, 0.717) is 12.8 Å². The van der Waals surface area contributed by atoms with E-state index in [9.17, 15) is 13.2 Å². The number of nitrogens with zero attached hydrogens (tertiary/aromatic N) is 1. The number of aromatic nitrogens is 1. The van der Waals surface area contributed by atoms with E-state index in [1.165, 1.54) is 6.20 Å². The van der Waals surface area contributed by atoms with Crippen molar-refractivity contribution in [3.63, 3.8) is 0 Å². The monoisotopic (exact) mass is 262 g/mol. The number of pyridine rings is 1. The van der Waals surface area contributed by atoms with E-state index in [4.69, 9.17) is 10.5 Å². The molecule has 0 saturated heterocycles. The number of nitrogens with two attached hydrogens (primary N) is 1. The molecular weight excluding hydrogens is 249 g/mol. The quantitative estimate of drug-likeness (QED) is 0.904. The molecule has 1 aliphatic carbocycles. The predicted molar refractivity (Wildman–Crippen MR) is 57.4 cm³/mol. The summed E-state index contributed by atoms with van der Waals surface area (Å²) in [7, 11) is 1.14. The highest BCUT2D eigenvalue weighted by Crippen LogP contribution is 2.37. The molecule has 1 aromatic rings. The van der Waals surface area contributed by atoms with Crippen molar-refractivity contribution in [1.82, 2.24) is 4.98 Å². The minimum atomic E-state index is -4.52. The van der Waals surface area contributed by atoms with E-state index in [1.807, 2.05) is 0 Å². The van der Waals surface area contributed by atoms with Gasteiger partial charge in [-0.05, 0) is 18.9 Å². The number of alkyl halides is 3. The number of ether oxygens (including phenoxy) is 2. The van der Waals surface area contributed by atoms with Crippen LogP contribution in [-0.4, -0.2) is 24.2 Å². The smallest absolute Gasteiger partial charge is 0.421 e. The van der Waals surface area contributed by atoms with Crippen LogP contribution >= 0.6 is 0 Å². The second-order valence-corrected chi connectivity index (χ2v) is 4.20. The van der Waals surface area contributed by atoms with Crippen molar-refractivity contribution in [3.05, 3.63) is 17.8 Å². The summed E-state index contributed by atoms with van der Waals surface area (Å²) < 4.78 is 48.1. The van der Waals surface area contributed by atoms with Gasteiger partial charge in [-0.2, -0.15) is 13.2 Å². The van der Waals surface area contributed by atoms with Gasteiger partial charge in [0, 0.05) is 6.04 Å². The van der Waals surface area contributed by atoms with E-state index < -0.39 is 17.6 Å². The first-order valence-corrected chi connectivity index (χ1v) is 5.43. The average Bonchev–Trinajstić information content (AvgIpc) is 2.26. The lowest BCUT2D eigenvalue weighted by atomic mass is 9.90. The zero-order valence-electron chi connectivity index (χ0n) is 9.70. The van der Waals surface area contributed by atoms with Gasteiger partial charge in [0.05, 0.1) is 13.3 Å². The third-order valence-corrected chi connectivity index (χ3v) is 2.76. The van der Waals surface area contributed by atoms with Crippen molar-refractivity contribution in [2.75, 3.05) is 7.11 Å². The van der Waals surface area contributed by atoms with E-state index in [-0.39, 0.29) is 17.9 Å². The lowest BCUT2D eigenvalue weighted by Gasteiger charge is -2.32. The lowest BCUT2D eigenvalue weighted by molar-refractivity contribution is -0.139. The molecule has 1 aromatic heterocycles. The molecular formula is C11H13F3N2O2. The maximum absolute atomic E-state index is 12.7. The summed E-state index contributed by atoms with van der Waals surface area (Å²) in [5.74, 6) is -0.375. The summed E-state index contributed by atoms with van der Waals surface area (Å²) in [4.78, 5) is 3.60. The van der Waals surface area contributed by atoms with Crippen molar-refractivity contribution >= 4 is 0 Å². The fraction of sp³-hybridized carbons (Fsp3) is 0.545. The third-order valence-electron chi connectivity index (χ3n) is 2.76. The summed E-state index contributed by atoms with van der Waals surface area (Å²) in [5, 5.41) is 0.